The monoisotopic (exact) mass is 255 g/mol. The van der Waals surface area contributed by atoms with Crippen molar-refractivity contribution in [2.24, 2.45) is 0 Å². The molecule has 0 unspecified atom stereocenters. The normalized spacial score (nSPS) is 10.8. The summed E-state index contributed by atoms with van der Waals surface area (Å²) in [5.74, 6) is 1.77. The maximum absolute atomic E-state index is 5.29. The number of furan rings is 1. The summed E-state index contributed by atoms with van der Waals surface area (Å²) in [6.07, 6.45) is 1.66. The Labute approximate surface area is 103 Å². The van der Waals surface area contributed by atoms with Crippen molar-refractivity contribution in [2.45, 2.75) is 11.3 Å². The van der Waals surface area contributed by atoms with Crippen LogP contribution in [0.5, 0.6) is 0 Å². The van der Waals surface area contributed by atoms with Gasteiger partial charge in [-0.1, -0.05) is 11.8 Å². The highest BCUT2D eigenvalue weighted by Gasteiger charge is 2.06. The van der Waals surface area contributed by atoms with Crippen LogP contribution in [0.4, 0.5) is 0 Å². The maximum Gasteiger partial charge on any atom is 0.153 e. The molecule has 0 fully saturated rings. The van der Waals surface area contributed by atoms with E-state index >= 15 is 0 Å². The van der Waals surface area contributed by atoms with Crippen LogP contribution in [-0.4, -0.2) is 24.0 Å². The van der Waals surface area contributed by atoms with Crippen LogP contribution in [0.25, 0.3) is 11.5 Å². The van der Waals surface area contributed by atoms with Gasteiger partial charge < -0.3 is 9.15 Å². The fourth-order valence-corrected chi connectivity index (χ4v) is 2.93. The lowest BCUT2D eigenvalue weighted by Gasteiger charge is -1.97. The highest BCUT2D eigenvalue weighted by Crippen LogP contribution is 2.28. The van der Waals surface area contributed by atoms with Crippen LogP contribution in [0.2, 0.25) is 0 Å². The number of hydrogen-bond acceptors (Lipinski definition) is 5. The molecule has 0 bridgehead atoms. The first-order valence-corrected chi connectivity index (χ1v) is 6.96. The molecule has 2 aromatic heterocycles. The van der Waals surface area contributed by atoms with Gasteiger partial charge >= 0.3 is 0 Å². The number of ether oxygens (including phenoxy) is 1. The molecule has 0 amide bonds. The van der Waals surface area contributed by atoms with Gasteiger partial charge in [0.15, 0.2) is 10.1 Å². The number of rotatable bonds is 6. The van der Waals surface area contributed by atoms with Gasteiger partial charge in [-0.3, -0.25) is 0 Å². The van der Waals surface area contributed by atoms with Gasteiger partial charge in [-0.15, -0.1) is 11.3 Å². The SMILES string of the molecule is CCOCCSc1nc(-c2ccco2)cs1. The number of thiazole rings is 1. The molecule has 0 aliphatic heterocycles. The van der Waals surface area contributed by atoms with Crippen molar-refractivity contribution >= 4 is 23.1 Å². The Hall–Kier alpha value is -0.780. The molecule has 0 aliphatic rings. The molecule has 0 spiro atoms. The van der Waals surface area contributed by atoms with Gasteiger partial charge in [-0.25, -0.2) is 4.98 Å². The molecule has 3 nitrogen and oxygen atoms in total. The third-order valence-electron chi connectivity index (χ3n) is 1.91. The molecule has 2 rings (SSSR count). The molecule has 0 aliphatic carbocycles. The van der Waals surface area contributed by atoms with E-state index in [1.165, 1.54) is 0 Å². The summed E-state index contributed by atoms with van der Waals surface area (Å²) in [4.78, 5) is 4.48. The Morgan fingerprint density at radius 3 is 3.25 bits per heavy atom. The molecule has 0 radical (unpaired) electrons. The van der Waals surface area contributed by atoms with Crippen molar-refractivity contribution in [3.63, 3.8) is 0 Å². The number of hydrogen-bond donors (Lipinski definition) is 0. The van der Waals surface area contributed by atoms with Crippen molar-refractivity contribution in [1.29, 1.82) is 0 Å². The smallest absolute Gasteiger partial charge is 0.153 e. The molecule has 0 N–H and O–H groups in total. The Kier molecular flexibility index (Phi) is 4.44. The third-order valence-corrected chi connectivity index (χ3v) is 3.90. The summed E-state index contributed by atoms with van der Waals surface area (Å²) >= 11 is 3.36. The van der Waals surface area contributed by atoms with E-state index < -0.39 is 0 Å². The lowest BCUT2D eigenvalue weighted by Crippen LogP contribution is -1.95. The first-order valence-electron chi connectivity index (χ1n) is 5.10. The fraction of sp³-hybridized carbons (Fsp3) is 0.364. The lowest BCUT2D eigenvalue weighted by molar-refractivity contribution is 0.164. The van der Waals surface area contributed by atoms with Gasteiger partial charge in [0, 0.05) is 17.7 Å². The van der Waals surface area contributed by atoms with E-state index in [4.69, 9.17) is 9.15 Å². The fourth-order valence-electron chi connectivity index (χ4n) is 1.19. The van der Waals surface area contributed by atoms with Crippen molar-refractivity contribution in [2.75, 3.05) is 19.0 Å². The molecule has 0 saturated carbocycles. The van der Waals surface area contributed by atoms with Gasteiger partial charge in [0.1, 0.15) is 5.69 Å². The maximum atomic E-state index is 5.29. The van der Waals surface area contributed by atoms with Gasteiger partial charge in [0.2, 0.25) is 0 Å². The van der Waals surface area contributed by atoms with E-state index in [9.17, 15) is 0 Å². The van der Waals surface area contributed by atoms with Gasteiger partial charge in [-0.2, -0.15) is 0 Å². The van der Waals surface area contributed by atoms with Crippen LogP contribution in [0.1, 0.15) is 6.92 Å². The predicted octanol–water partition coefficient (Wildman–Crippen LogP) is 3.53. The summed E-state index contributed by atoms with van der Waals surface area (Å²) in [7, 11) is 0. The molecule has 2 aromatic rings. The molecule has 0 saturated heterocycles. The molecular formula is C11H13NO2S2. The molecular weight excluding hydrogens is 242 g/mol. The average Bonchev–Trinajstić information content (AvgIpc) is 2.94. The largest absolute Gasteiger partial charge is 0.463 e. The third kappa shape index (κ3) is 3.10. The quantitative estimate of drug-likeness (QED) is 0.584. The molecule has 86 valence electrons. The zero-order valence-electron chi connectivity index (χ0n) is 9.01. The standard InChI is InChI=1S/C11H13NO2S2/c1-2-13-6-7-15-11-12-9(8-16-11)10-4-3-5-14-10/h3-5,8H,2,6-7H2,1H3. The van der Waals surface area contributed by atoms with Crippen molar-refractivity contribution in [1.82, 2.24) is 4.98 Å². The predicted molar refractivity (Wildman–Crippen MR) is 67.0 cm³/mol. The second kappa shape index (κ2) is 6.08. The summed E-state index contributed by atoms with van der Waals surface area (Å²) in [5, 5.41) is 2.02. The summed E-state index contributed by atoms with van der Waals surface area (Å²) < 4.78 is 11.6. The molecule has 5 heteroatoms. The van der Waals surface area contributed by atoms with E-state index in [0.29, 0.717) is 0 Å². The summed E-state index contributed by atoms with van der Waals surface area (Å²) in [5.41, 5.74) is 0.911. The highest BCUT2D eigenvalue weighted by atomic mass is 32.2. The molecule has 2 heterocycles. The lowest BCUT2D eigenvalue weighted by atomic mass is 10.4. The van der Waals surface area contributed by atoms with Gasteiger partial charge in [0.25, 0.3) is 0 Å². The minimum atomic E-state index is 0.774. The summed E-state index contributed by atoms with van der Waals surface area (Å²) in [6.45, 7) is 3.55. The molecule has 0 aromatic carbocycles. The molecule has 16 heavy (non-hydrogen) atoms. The Morgan fingerprint density at radius 1 is 1.56 bits per heavy atom. The van der Waals surface area contributed by atoms with Crippen LogP contribution >= 0.6 is 23.1 Å². The second-order valence-corrected chi connectivity index (χ2v) is 5.22. The van der Waals surface area contributed by atoms with Gasteiger partial charge in [0.05, 0.1) is 12.9 Å². The number of aromatic nitrogens is 1. The van der Waals surface area contributed by atoms with Crippen molar-refractivity contribution in [3.8, 4) is 11.5 Å². The Bertz CT molecular complexity index is 411. The van der Waals surface area contributed by atoms with E-state index in [1.54, 1.807) is 29.4 Å². The van der Waals surface area contributed by atoms with E-state index in [2.05, 4.69) is 4.98 Å². The van der Waals surface area contributed by atoms with Gasteiger partial charge in [-0.05, 0) is 19.1 Å². The van der Waals surface area contributed by atoms with Crippen LogP contribution in [0.3, 0.4) is 0 Å². The van der Waals surface area contributed by atoms with Crippen LogP contribution in [-0.2, 0) is 4.74 Å². The second-order valence-electron chi connectivity index (χ2n) is 3.02. The van der Waals surface area contributed by atoms with E-state index in [0.717, 1.165) is 34.8 Å². The first-order chi connectivity index (χ1) is 7.90. The average molecular weight is 255 g/mol. The zero-order chi connectivity index (χ0) is 11.2. The Morgan fingerprint density at radius 2 is 2.50 bits per heavy atom. The van der Waals surface area contributed by atoms with E-state index in [1.807, 2.05) is 24.4 Å². The minimum Gasteiger partial charge on any atom is -0.463 e. The Balaban J connectivity index is 1.88. The first kappa shape index (κ1) is 11.7. The van der Waals surface area contributed by atoms with Crippen molar-refractivity contribution in [3.05, 3.63) is 23.8 Å². The highest BCUT2D eigenvalue weighted by molar-refractivity contribution is 8.01. The number of nitrogens with zero attached hydrogens (tertiary/aromatic N) is 1. The zero-order valence-corrected chi connectivity index (χ0v) is 10.6. The van der Waals surface area contributed by atoms with Crippen LogP contribution in [0, 0.1) is 0 Å². The molecule has 0 atom stereocenters. The van der Waals surface area contributed by atoms with Crippen molar-refractivity contribution < 1.29 is 9.15 Å². The summed E-state index contributed by atoms with van der Waals surface area (Å²) in [6, 6.07) is 3.79. The minimum absolute atomic E-state index is 0.774. The number of thioether (sulfide) groups is 1. The van der Waals surface area contributed by atoms with E-state index in [-0.39, 0.29) is 0 Å². The van der Waals surface area contributed by atoms with Crippen LogP contribution < -0.4 is 0 Å². The van der Waals surface area contributed by atoms with Crippen LogP contribution in [0.15, 0.2) is 32.5 Å². The topological polar surface area (TPSA) is 35.3 Å².